The fourth-order valence-corrected chi connectivity index (χ4v) is 6.20. The van der Waals surface area contributed by atoms with Crippen molar-refractivity contribution in [2.45, 2.75) is 37.5 Å². The van der Waals surface area contributed by atoms with E-state index >= 15 is 0 Å². The molecular formula is C38H26F2N2O3. The van der Waals surface area contributed by atoms with Gasteiger partial charge in [0.2, 0.25) is 0 Å². The van der Waals surface area contributed by atoms with Gasteiger partial charge in [-0.15, -0.1) is 0 Å². The van der Waals surface area contributed by atoms with Gasteiger partial charge >= 0.3 is 11.9 Å². The minimum absolute atomic E-state index is 0.0468. The lowest BCUT2D eigenvalue weighted by Gasteiger charge is -2.18. The lowest BCUT2D eigenvalue weighted by molar-refractivity contribution is 0.0397. The number of rotatable bonds is 6. The maximum Gasteiger partial charge on any atom is 0.348 e. The molecule has 0 saturated heterocycles. The van der Waals surface area contributed by atoms with Crippen molar-refractivity contribution in [2.75, 3.05) is 0 Å². The first kappa shape index (κ1) is 27.3. The predicted octanol–water partition coefficient (Wildman–Crippen LogP) is 9.15. The zero-order chi connectivity index (χ0) is 30.7. The van der Waals surface area contributed by atoms with Crippen LogP contribution in [0.3, 0.4) is 0 Å². The Kier molecular flexibility index (Phi) is 6.48. The van der Waals surface area contributed by atoms with E-state index in [2.05, 4.69) is 0 Å². The van der Waals surface area contributed by atoms with Crippen LogP contribution in [0.2, 0.25) is 0 Å². The third-order valence-electron chi connectivity index (χ3n) is 8.63. The Labute approximate surface area is 257 Å². The summed E-state index contributed by atoms with van der Waals surface area (Å²) in [5.74, 6) is -2.35. The second kappa shape index (κ2) is 10.7. The summed E-state index contributed by atoms with van der Waals surface area (Å²) in [6.07, 6.45) is 3.43. The van der Waals surface area contributed by atoms with Gasteiger partial charge in [0, 0.05) is 33.7 Å². The number of carbonyl (C=O) groups is 2. The maximum absolute atomic E-state index is 14.3. The van der Waals surface area contributed by atoms with Crippen LogP contribution in [0.5, 0.6) is 0 Å². The number of esters is 2. The SMILES string of the molecule is O=C(OC(=O)c1c(C2CC2)nc2ccccc2c1-c1ccc(F)cc1)c1c(C2CC2)nc2ccccc2c1-c1ccc(F)cc1. The van der Waals surface area contributed by atoms with Gasteiger partial charge in [0.05, 0.1) is 33.5 Å². The molecule has 45 heavy (non-hydrogen) atoms. The second-order valence-electron chi connectivity index (χ2n) is 11.8. The molecule has 2 fully saturated rings. The van der Waals surface area contributed by atoms with Crippen LogP contribution in [0, 0.1) is 11.6 Å². The molecule has 2 aromatic heterocycles. The van der Waals surface area contributed by atoms with Gasteiger partial charge in [-0.3, -0.25) is 9.97 Å². The number of pyridine rings is 2. The fraction of sp³-hybridized carbons (Fsp3) is 0.158. The second-order valence-corrected chi connectivity index (χ2v) is 11.8. The molecule has 220 valence electrons. The molecule has 0 radical (unpaired) electrons. The number of benzene rings is 4. The Balaban J connectivity index is 1.31. The van der Waals surface area contributed by atoms with E-state index in [0.717, 1.165) is 25.7 Å². The Hall–Kier alpha value is -5.30. The average Bonchev–Trinajstić information content (AvgIpc) is 3.98. The highest BCUT2D eigenvalue weighted by molar-refractivity contribution is 6.15. The van der Waals surface area contributed by atoms with Crippen molar-refractivity contribution in [2.24, 2.45) is 0 Å². The molecule has 2 aliphatic rings. The van der Waals surface area contributed by atoms with Crippen molar-refractivity contribution in [3.8, 4) is 22.3 Å². The summed E-state index contributed by atoms with van der Waals surface area (Å²) in [6.45, 7) is 0. The van der Waals surface area contributed by atoms with Gasteiger partial charge in [0.15, 0.2) is 0 Å². The zero-order valence-corrected chi connectivity index (χ0v) is 24.1. The minimum atomic E-state index is -0.820. The number of nitrogens with zero attached hydrogens (tertiary/aromatic N) is 2. The molecule has 0 aliphatic heterocycles. The highest BCUT2D eigenvalue weighted by Gasteiger charge is 2.37. The summed E-state index contributed by atoms with van der Waals surface area (Å²) in [7, 11) is 0. The lowest BCUT2D eigenvalue weighted by atomic mass is 9.92. The number of hydrogen-bond acceptors (Lipinski definition) is 5. The molecule has 2 saturated carbocycles. The van der Waals surface area contributed by atoms with Crippen LogP contribution in [-0.2, 0) is 4.74 Å². The smallest absolute Gasteiger partial charge is 0.348 e. The number of ether oxygens (including phenoxy) is 1. The van der Waals surface area contributed by atoms with Crippen LogP contribution in [0.1, 0.15) is 69.6 Å². The van der Waals surface area contributed by atoms with Crippen molar-refractivity contribution in [3.05, 3.63) is 131 Å². The molecule has 7 heteroatoms. The summed E-state index contributed by atoms with van der Waals surface area (Å²) in [5, 5.41) is 1.40. The third kappa shape index (κ3) is 4.94. The van der Waals surface area contributed by atoms with E-state index in [1.807, 2.05) is 48.5 Å². The lowest BCUT2D eigenvalue weighted by Crippen LogP contribution is -2.19. The van der Waals surface area contributed by atoms with Gasteiger partial charge in [-0.05, 0) is 73.2 Å². The van der Waals surface area contributed by atoms with Crippen LogP contribution in [0.4, 0.5) is 8.78 Å². The topological polar surface area (TPSA) is 69.2 Å². The molecule has 6 aromatic rings. The highest BCUT2D eigenvalue weighted by Crippen LogP contribution is 2.47. The summed E-state index contributed by atoms with van der Waals surface area (Å²) in [4.78, 5) is 38.4. The molecule has 0 amide bonds. The van der Waals surface area contributed by atoms with Gasteiger partial charge in [0.25, 0.3) is 0 Å². The maximum atomic E-state index is 14.3. The Morgan fingerprint density at radius 2 is 0.933 bits per heavy atom. The summed E-state index contributed by atoms with van der Waals surface area (Å²) in [6, 6.07) is 26.8. The number of halogens is 2. The zero-order valence-electron chi connectivity index (χ0n) is 24.1. The van der Waals surface area contributed by atoms with Crippen LogP contribution in [0.25, 0.3) is 44.1 Å². The first-order chi connectivity index (χ1) is 22.0. The molecule has 0 spiro atoms. The van der Waals surface area contributed by atoms with Gasteiger partial charge in [-0.25, -0.2) is 18.4 Å². The molecular weight excluding hydrogens is 570 g/mol. The fourth-order valence-electron chi connectivity index (χ4n) is 6.20. The molecule has 0 unspecified atom stereocenters. The number of aromatic nitrogens is 2. The molecule has 4 aromatic carbocycles. The van der Waals surface area contributed by atoms with Crippen molar-refractivity contribution in [1.82, 2.24) is 9.97 Å². The van der Waals surface area contributed by atoms with Crippen molar-refractivity contribution >= 4 is 33.7 Å². The van der Waals surface area contributed by atoms with Crippen LogP contribution in [0.15, 0.2) is 97.1 Å². The largest absolute Gasteiger partial charge is 0.386 e. The minimum Gasteiger partial charge on any atom is -0.386 e. The van der Waals surface area contributed by atoms with Gasteiger partial charge in [0.1, 0.15) is 11.6 Å². The van der Waals surface area contributed by atoms with Crippen LogP contribution < -0.4 is 0 Å². The van der Waals surface area contributed by atoms with E-state index in [9.17, 15) is 18.4 Å². The van der Waals surface area contributed by atoms with Gasteiger partial charge < -0.3 is 4.74 Å². The molecule has 2 heterocycles. The standard InChI is InChI=1S/C38H26F2N2O3/c39-25-17-13-21(14-18-25)31-27-5-1-3-7-29(27)41-35(23-9-10-23)33(31)37(43)45-38(44)34-32(22-15-19-26(40)20-16-22)28-6-2-4-8-30(28)42-36(34)24-11-12-24/h1-8,13-20,23-24H,9-12H2. The number of carbonyl (C=O) groups excluding carboxylic acids is 2. The summed E-state index contributed by atoms with van der Waals surface area (Å²) >= 11 is 0. The third-order valence-corrected chi connectivity index (χ3v) is 8.63. The quantitative estimate of drug-likeness (QED) is 0.142. The van der Waals surface area contributed by atoms with Crippen molar-refractivity contribution in [1.29, 1.82) is 0 Å². The first-order valence-electron chi connectivity index (χ1n) is 15.1. The van der Waals surface area contributed by atoms with E-state index in [1.54, 1.807) is 24.3 Å². The molecule has 0 atom stereocenters. The molecule has 2 aliphatic carbocycles. The molecule has 8 rings (SSSR count). The first-order valence-corrected chi connectivity index (χ1v) is 15.1. The number of hydrogen-bond donors (Lipinski definition) is 0. The predicted molar refractivity (Wildman–Crippen MR) is 168 cm³/mol. The molecule has 5 nitrogen and oxygen atoms in total. The molecule has 0 bridgehead atoms. The Morgan fingerprint density at radius 1 is 0.556 bits per heavy atom. The van der Waals surface area contributed by atoms with E-state index < -0.39 is 23.6 Å². The summed E-state index contributed by atoms with van der Waals surface area (Å²) in [5.41, 5.74) is 5.32. The monoisotopic (exact) mass is 596 g/mol. The van der Waals surface area contributed by atoms with Crippen molar-refractivity contribution < 1.29 is 23.1 Å². The van der Waals surface area contributed by atoms with E-state index in [1.165, 1.54) is 24.3 Å². The van der Waals surface area contributed by atoms with E-state index in [-0.39, 0.29) is 23.0 Å². The normalized spacial score (nSPS) is 14.5. The van der Waals surface area contributed by atoms with Gasteiger partial charge in [-0.1, -0.05) is 60.7 Å². The Morgan fingerprint density at radius 3 is 1.31 bits per heavy atom. The number of para-hydroxylation sites is 2. The highest BCUT2D eigenvalue weighted by atomic mass is 19.1. The number of fused-ring (bicyclic) bond motifs is 2. The Bertz CT molecular complexity index is 2000. The average molecular weight is 597 g/mol. The van der Waals surface area contributed by atoms with Crippen LogP contribution >= 0.6 is 0 Å². The van der Waals surface area contributed by atoms with E-state index in [0.29, 0.717) is 55.4 Å². The molecule has 0 N–H and O–H groups in total. The van der Waals surface area contributed by atoms with E-state index in [4.69, 9.17) is 14.7 Å². The van der Waals surface area contributed by atoms with Crippen LogP contribution in [-0.4, -0.2) is 21.9 Å². The summed E-state index contributed by atoms with van der Waals surface area (Å²) < 4.78 is 33.8. The van der Waals surface area contributed by atoms with Gasteiger partial charge in [-0.2, -0.15) is 0 Å². The van der Waals surface area contributed by atoms with Crippen molar-refractivity contribution in [3.63, 3.8) is 0 Å².